The first-order chi connectivity index (χ1) is 13.9. The molecule has 0 amide bonds. The molecule has 3 aromatic rings. The Kier molecular flexibility index (Phi) is 7.51. The van der Waals surface area contributed by atoms with Gasteiger partial charge in [0.1, 0.15) is 11.5 Å². The van der Waals surface area contributed by atoms with Crippen molar-refractivity contribution >= 4 is 31.9 Å². The lowest BCUT2D eigenvalue weighted by atomic mass is 9.78. The topological polar surface area (TPSA) is 42.4 Å². The third kappa shape index (κ3) is 6.44. The molecule has 3 nitrogen and oxygen atoms in total. The molecule has 1 unspecified atom stereocenters. The average molecular weight is 517 g/mol. The van der Waals surface area contributed by atoms with E-state index in [9.17, 15) is 5.11 Å². The summed E-state index contributed by atoms with van der Waals surface area (Å²) in [7, 11) is 0. The first kappa shape index (κ1) is 21.6. The minimum Gasteiger partial charge on any atom is -0.508 e. The number of phenols is 1. The molecule has 0 aliphatic heterocycles. The molecule has 2 aromatic carbocycles. The van der Waals surface area contributed by atoms with Crippen molar-refractivity contribution in [2.75, 3.05) is 0 Å². The molecular weight excluding hydrogens is 494 g/mol. The van der Waals surface area contributed by atoms with Gasteiger partial charge in [-0.15, -0.1) is 0 Å². The number of para-hydroxylation sites is 1. The summed E-state index contributed by atoms with van der Waals surface area (Å²) in [5.41, 5.74) is 1.99. The smallest absolute Gasteiger partial charge is 0.219 e. The maximum atomic E-state index is 9.61. The normalized spacial score (nSPS) is 12.8. The van der Waals surface area contributed by atoms with E-state index < -0.39 is 0 Å². The number of ether oxygens (including phenoxy) is 1. The number of benzene rings is 2. The molecular formula is C24H23Br2NO2. The largest absolute Gasteiger partial charge is 0.508 e. The van der Waals surface area contributed by atoms with Crippen molar-refractivity contribution in [3.8, 4) is 17.4 Å². The zero-order valence-electron chi connectivity index (χ0n) is 16.2. The summed E-state index contributed by atoms with van der Waals surface area (Å²) in [6.45, 7) is 2.20. The van der Waals surface area contributed by atoms with E-state index in [0.717, 1.165) is 39.7 Å². The molecule has 0 bridgehead atoms. The fraction of sp³-hybridized carbons (Fsp3) is 0.208. The predicted molar refractivity (Wildman–Crippen MR) is 125 cm³/mol. The molecule has 0 aliphatic rings. The van der Waals surface area contributed by atoms with Crippen LogP contribution in [0.1, 0.15) is 31.0 Å². The number of hydrogen-bond acceptors (Lipinski definition) is 3. The maximum absolute atomic E-state index is 9.61. The lowest BCUT2D eigenvalue weighted by molar-refractivity contribution is 0.458. The number of aromatic hydroxyl groups is 1. The number of halogens is 2. The van der Waals surface area contributed by atoms with Gasteiger partial charge in [0.15, 0.2) is 0 Å². The van der Waals surface area contributed by atoms with Crippen molar-refractivity contribution in [1.29, 1.82) is 0 Å². The van der Waals surface area contributed by atoms with Crippen LogP contribution in [0.3, 0.4) is 0 Å². The molecule has 1 N–H and O–H groups in total. The number of hydrogen-bond donors (Lipinski definition) is 1. The predicted octanol–water partition coefficient (Wildman–Crippen LogP) is 7.49. The zero-order chi connectivity index (χ0) is 20.7. The number of aromatic nitrogens is 1. The third-order valence-electron chi connectivity index (χ3n) is 4.83. The quantitative estimate of drug-likeness (QED) is 0.337. The molecule has 1 aromatic heterocycles. The van der Waals surface area contributed by atoms with Crippen LogP contribution in [0.4, 0.5) is 0 Å². The number of allylic oxidation sites excluding steroid dienone is 1. The van der Waals surface area contributed by atoms with E-state index in [1.807, 2.05) is 60.7 Å². The molecule has 0 aliphatic carbocycles. The third-order valence-corrected chi connectivity index (χ3v) is 5.29. The molecule has 1 atom stereocenters. The Morgan fingerprint density at radius 2 is 1.72 bits per heavy atom. The van der Waals surface area contributed by atoms with Crippen molar-refractivity contribution in [2.24, 2.45) is 0 Å². The molecule has 29 heavy (non-hydrogen) atoms. The van der Waals surface area contributed by atoms with E-state index in [0.29, 0.717) is 5.88 Å². The van der Waals surface area contributed by atoms with Gasteiger partial charge in [-0.1, -0.05) is 49.4 Å². The van der Waals surface area contributed by atoms with E-state index in [-0.39, 0.29) is 11.2 Å². The summed E-state index contributed by atoms with van der Waals surface area (Å²) < 4.78 is 6.76. The molecule has 0 saturated heterocycles. The van der Waals surface area contributed by atoms with Crippen molar-refractivity contribution in [1.82, 2.24) is 4.98 Å². The highest BCUT2D eigenvalue weighted by Gasteiger charge is 2.24. The van der Waals surface area contributed by atoms with Gasteiger partial charge >= 0.3 is 0 Å². The highest BCUT2D eigenvalue weighted by Crippen LogP contribution is 2.35. The Balaban J connectivity index is 1.67. The first-order valence-electron chi connectivity index (χ1n) is 9.47. The SMILES string of the molecule is CC(C=C(Br)Br)(CCCc1cccc(Oc2ccccc2)n1)c1ccc(O)cc1. The first-order valence-corrected chi connectivity index (χ1v) is 11.1. The van der Waals surface area contributed by atoms with Crippen LogP contribution in [-0.4, -0.2) is 10.1 Å². The standard InChI is InChI=1S/C24H23Br2NO2/c1-24(17-22(25)26,18-12-14-20(28)15-13-18)16-6-8-19-7-5-11-23(27-19)29-21-9-3-2-4-10-21/h2-5,7,9-15,17,28H,6,8,16H2,1H3. The second-order valence-corrected chi connectivity index (χ2v) is 9.91. The van der Waals surface area contributed by atoms with Gasteiger partial charge in [-0.25, -0.2) is 4.98 Å². The van der Waals surface area contributed by atoms with Crippen LogP contribution >= 0.6 is 31.9 Å². The van der Waals surface area contributed by atoms with Crippen LogP contribution < -0.4 is 4.74 Å². The van der Waals surface area contributed by atoms with Gasteiger partial charge in [-0.3, -0.25) is 0 Å². The summed E-state index contributed by atoms with van der Waals surface area (Å²) in [6, 6.07) is 23.0. The Morgan fingerprint density at radius 1 is 1.00 bits per heavy atom. The van der Waals surface area contributed by atoms with E-state index in [4.69, 9.17) is 4.74 Å². The van der Waals surface area contributed by atoms with Crippen LogP contribution in [0, 0.1) is 0 Å². The van der Waals surface area contributed by atoms with Gasteiger partial charge in [0, 0.05) is 17.2 Å². The molecule has 1 heterocycles. The Morgan fingerprint density at radius 3 is 2.41 bits per heavy atom. The number of nitrogens with zero attached hydrogens (tertiary/aromatic N) is 1. The summed E-state index contributed by atoms with van der Waals surface area (Å²) in [4.78, 5) is 4.64. The van der Waals surface area contributed by atoms with E-state index in [1.165, 1.54) is 0 Å². The second-order valence-electron chi connectivity index (χ2n) is 7.13. The fourth-order valence-electron chi connectivity index (χ4n) is 3.28. The molecule has 5 heteroatoms. The summed E-state index contributed by atoms with van der Waals surface area (Å²) in [6.07, 6.45) is 4.90. The van der Waals surface area contributed by atoms with Gasteiger partial charge < -0.3 is 9.84 Å². The van der Waals surface area contributed by atoms with Gasteiger partial charge in [0.05, 0.1) is 3.39 Å². The minimum absolute atomic E-state index is 0.172. The number of phenolic OH excluding ortho intramolecular Hbond substituents is 1. The Hall–Kier alpha value is -2.11. The van der Waals surface area contributed by atoms with Gasteiger partial charge in [0.2, 0.25) is 5.88 Å². The average Bonchev–Trinajstić information content (AvgIpc) is 2.69. The highest BCUT2D eigenvalue weighted by molar-refractivity contribution is 9.28. The summed E-state index contributed by atoms with van der Waals surface area (Å²) in [5, 5.41) is 9.61. The molecule has 0 radical (unpaired) electrons. The number of rotatable bonds is 8. The Labute approximate surface area is 188 Å². The molecule has 0 spiro atoms. The summed E-state index contributed by atoms with van der Waals surface area (Å²) in [5.74, 6) is 1.67. The van der Waals surface area contributed by atoms with Crippen molar-refractivity contribution in [3.05, 3.63) is 93.5 Å². The molecule has 0 fully saturated rings. The van der Waals surface area contributed by atoms with Crippen LogP contribution in [0.25, 0.3) is 0 Å². The minimum atomic E-state index is -0.172. The van der Waals surface area contributed by atoms with Gasteiger partial charge in [-0.05, 0) is 87.0 Å². The maximum Gasteiger partial charge on any atom is 0.219 e. The fourth-order valence-corrected chi connectivity index (χ4v) is 4.29. The monoisotopic (exact) mass is 515 g/mol. The van der Waals surface area contributed by atoms with Gasteiger partial charge in [0.25, 0.3) is 0 Å². The lowest BCUT2D eigenvalue weighted by Gasteiger charge is -2.27. The summed E-state index contributed by atoms with van der Waals surface area (Å²) >= 11 is 7.00. The van der Waals surface area contributed by atoms with E-state index in [1.54, 1.807) is 12.1 Å². The number of aryl methyl sites for hydroxylation is 1. The number of pyridine rings is 1. The van der Waals surface area contributed by atoms with Crippen LogP contribution in [-0.2, 0) is 11.8 Å². The molecule has 150 valence electrons. The van der Waals surface area contributed by atoms with E-state index >= 15 is 0 Å². The van der Waals surface area contributed by atoms with Crippen LogP contribution in [0.2, 0.25) is 0 Å². The van der Waals surface area contributed by atoms with Crippen molar-refractivity contribution in [3.63, 3.8) is 0 Å². The lowest BCUT2D eigenvalue weighted by Crippen LogP contribution is -2.19. The van der Waals surface area contributed by atoms with Crippen LogP contribution in [0.5, 0.6) is 17.4 Å². The van der Waals surface area contributed by atoms with Crippen molar-refractivity contribution < 1.29 is 9.84 Å². The van der Waals surface area contributed by atoms with Gasteiger partial charge in [-0.2, -0.15) is 0 Å². The van der Waals surface area contributed by atoms with E-state index in [2.05, 4.69) is 49.8 Å². The zero-order valence-corrected chi connectivity index (χ0v) is 19.4. The molecule has 3 rings (SSSR count). The second kappa shape index (κ2) is 10.1. The highest BCUT2D eigenvalue weighted by atomic mass is 79.9. The Bertz CT molecular complexity index is 954. The molecule has 0 saturated carbocycles. The van der Waals surface area contributed by atoms with Crippen LogP contribution in [0.15, 0.2) is 82.3 Å². The van der Waals surface area contributed by atoms with Crippen molar-refractivity contribution in [2.45, 2.75) is 31.6 Å².